The van der Waals surface area contributed by atoms with E-state index in [1.807, 2.05) is 0 Å². The van der Waals surface area contributed by atoms with Crippen LogP contribution in [0.1, 0.15) is 44.1 Å². The van der Waals surface area contributed by atoms with Gasteiger partial charge in [0.05, 0.1) is 26.2 Å². The van der Waals surface area contributed by atoms with Crippen LogP contribution in [-0.2, 0) is 6.42 Å². The number of ether oxygens (including phenoxy) is 2. The molecule has 1 saturated carbocycles. The van der Waals surface area contributed by atoms with Crippen LogP contribution in [0.25, 0.3) is 32.9 Å². The maximum atomic E-state index is 17.1. The first-order chi connectivity index (χ1) is 24.5. The third-order valence-corrected chi connectivity index (χ3v) is 10.9. The minimum absolute atomic E-state index is 0.00512. The molecular formula is C37H39F4N7O3. The van der Waals surface area contributed by atoms with Gasteiger partial charge in [-0.15, -0.1) is 0 Å². The van der Waals surface area contributed by atoms with Gasteiger partial charge in [0.15, 0.2) is 5.82 Å². The second-order valence-electron chi connectivity index (χ2n) is 14.6. The number of aromatic nitrogens is 3. The summed E-state index contributed by atoms with van der Waals surface area (Å²) in [6.45, 7) is 4.12. The quantitative estimate of drug-likeness (QED) is 0.197. The molecule has 2 unspecified atom stereocenters. The third kappa shape index (κ3) is 6.69. The summed E-state index contributed by atoms with van der Waals surface area (Å²) in [6.07, 6.45) is -0.147. The van der Waals surface area contributed by atoms with Crippen LogP contribution in [0.15, 0.2) is 30.3 Å². The molecule has 5 heterocycles. The lowest BCUT2D eigenvalue weighted by atomic mass is 9.94. The number of benzene rings is 2. The van der Waals surface area contributed by atoms with Gasteiger partial charge >= 0.3 is 12.2 Å². The monoisotopic (exact) mass is 705 g/mol. The number of piperazine rings is 1. The molecule has 2 N–H and O–H groups in total. The average Bonchev–Trinajstić information content (AvgIpc) is 3.79. The molecule has 10 nitrogen and oxygen atoms in total. The maximum Gasteiger partial charge on any atom is 0.393 e. The molecule has 1 aliphatic carbocycles. The number of methoxy groups -OCH3 is 1. The highest BCUT2D eigenvalue weighted by Crippen LogP contribution is 2.48. The van der Waals surface area contributed by atoms with Crippen LogP contribution in [0, 0.1) is 28.5 Å². The number of halogens is 4. The van der Waals surface area contributed by atoms with Crippen molar-refractivity contribution in [3.63, 3.8) is 0 Å². The topological polar surface area (TPSA) is 120 Å². The highest BCUT2D eigenvalue weighted by Gasteiger charge is 2.45. The molecule has 2 atom stereocenters. The Morgan fingerprint density at radius 1 is 1.04 bits per heavy atom. The van der Waals surface area contributed by atoms with Crippen LogP contribution >= 0.6 is 0 Å². The standard InChI is InChI=1S/C37H39F4N7O3/c1-50-34-29-32(30(38)31(44-34)27-14-26(49)13-22-3-2-4-23(28(22)27)15-37(39,40)41)45-35(46-33(29)48-17-24-5-6-25(18-48)43-24)51-20-36(9-10-36)19-47-11-7-21(16-42)8-12-47/h2-4,13-14,21,24-25,43,49H,5-12,15,17-20H2,1H3. The molecule has 3 saturated heterocycles. The Hall–Kier alpha value is -4.48. The number of pyridine rings is 1. The number of hydrogen-bond donors (Lipinski definition) is 2. The summed E-state index contributed by atoms with van der Waals surface area (Å²) in [5.41, 5.74) is -0.615. The summed E-state index contributed by atoms with van der Waals surface area (Å²) < 4.78 is 70.4. The molecular weight excluding hydrogens is 666 g/mol. The van der Waals surface area contributed by atoms with E-state index in [4.69, 9.17) is 14.5 Å². The molecule has 8 rings (SSSR count). The van der Waals surface area contributed by atoms with Crippen LogP contribution in [0.4, 0.5) is 23.4 Å². The molecule has 4 aromatic rings. The summed E-state index contributed by atoms with van der Waals surface area (Å²) >= 11 is 0. The number of nitrogens with zero attached hydrogens (tertiary/aromatic N) is 6. The lowest BCUT2D eigenvalue weighted by Gasteiger charge is -2.34. The van der Waals surface area contributed by atoms with Crippen molar-refractivity contribution >= 4 is 27.5 Å². The molecule has 4 aliphatic rings. The summed E-state index contributed by atoms with van der Waals surface area (Å²) in [5.74, 6) is -0.606. The molecule has 14 heteroatoms. The molecule has 2 aromatic heterocycles. The minimum Gasteiger partial charge on any atom is -0.508 e. The smallest absolute Gasteiger partial charge is 0.393 e. The van der Waals surface area contributed by atoms with Crippen molar-refractivity contribution < 1.29 is 32.1 Å². The molecule has 2 bridgehead atoms. The minimum atomic E-state index is -4.53. The van der Waals surface area contributed by atoms with Crippen molar-refractivity contribution in [3.8, 4) is 35.0 Å². The largest absolute Gasteiger partial charge is 0.508 e. The Labute approximate surface area is 292 Å². The Kier molecular flexibility index (Phi) is 8.53. The van der Waals surface area contributed by atoms with Crippen molar-refractivity contribution in [2.45, 2.75) is 63.2 Å². The highest BCUT2D eigenvalue weighted by molar-refractivity contribution is 6.03. The van der Waals surface area contributed by atoms with Crippen LogP contribution in [0.5, 0.6) is 17.6 Å². The average molecular weight is 706 g/mol. The summed E-state index contributed by atoms with van der Waals surface area (Å²) in [7, 11) is 1.39. The zero-order valence-electron chi connectivity index (χ0n) is 28.3. The van der Waals surface area contributed by atoms with Gasteiger partial charge in [-0.2, -0.15) is 28.4 Å². The SMILES string of the molecule is COc1nc(-c2cc(O)cc3cccc(CC(F)(F)F)c23)c(F)c2nc(OCC3(CN4CCC(C#N)CC4)CC3)nc(N3CC4CCC(C3)N4)c12. The predicted octanol–water partition coefficient (Wildman–Crippen LogP) is 6.14. The van der Waals surface area contributed by atoms with E-state index in [0.717, 1.165) is 58.2 Å². The second-order valence-corrected chi connectivity index (χ2v) is 14.6. The summed E-state index contributed by atoms with van der Waals surface area (Å²) in [5, 5.41) is 24.2. The predicted molar refractivity (Wildman–Crippen MR) is 182 cm³/mol. The summed E-state index contributed by atoms with van der Waals surface area (Å²) in [4.78, 5) is 18.5. The molecule has 0 spiro atoms. The fourth-order valence-electron chi connectivity index (χ4n) is 8.17. The molecule has 0 radical (unpaired) electrons. The summed E-state index contributed by atoms with van der Waals surface area (Å²) in [6, 6.07) is 9.79. The second kappa shape index (κ2) is 12.9. The lowest BCUT2D eigenvalue weighted by molar-refractivity contribution is -0.127. The first-order valence-corrected chi connectivity index (χ1v) is 17.5. The number of likely N-dealkylation sites (tertiary alicyclic amines) is 1. The van der Waals surface area contributed by atoms with Crippen LogP contribution < -0.4 is 19.7 Å². The number of fused-ring (bicyclic) bond motifs is 4. The van der Waals surface area contributed by atoms with Crippen LogP contribution in [0.2, 0.25) is 0 Å². The van der Waals surface area contributed by atoms with Gasteiger partial charge in [0, 0.05) is 48.6 Å². The normalized spacial score (nSPS) is 22.0. The fourth-order valence-corrected chi connectivity index (χ4v) is 8.17. The Balaban J connectivity index is 1.23. The highest BCUT2D eigenvalue weighted by atomic mass is 19.4. The number of rotatable bonds is 9. The van der Waals surface area contributed by atoms with Crippen molar-refractivity contribution in [3.05, 3.63) is 41.7 Å². The van der Waals surface area contributed by atoms with Gasteiger partial charge in [-0.1, -0.05) is 18.2 Å². The number of piperidine rings is 1. The van der Waals surface area contributed by atoms with E-state index in [-0.39, 0.29) is 74.2 Å². The zero-order chi connectivity index (χ0) is 35.5. The number of nitrogens with one attached hydrogen (secondary N) is 1. The van der Waals surface area contributed by atoms with Gasteiger partial charge in [-0.25, -0.2) is 9.37 Å². The molecule has 0 amide bonds. The fraction of sp³-hybridized carbons (Fsp3) is 0.514. The zero-order valence-corrected chi connectivity index (χ0v) is 28.3. The third-order valence-electron chi connectivity index (χ3n) is 10.9. The number of phenols is 1. The molecule has 3 aliphatic heterocycles. The van der Waals surface area contributed by atoms with E-state index in [9.17, 15) is 23.5 Å². The van der Waals surface area contributed by atoms with Crippen molar-refractivity contribution in [1.82, 2.24) is 25.2 Å². The van der Waals surface area contributed by atoms with E-state index in [0.29, 0.717) is 30.9 Å². The van der Waals surface area contributed by atoms with E-state index in [1.165, 1.54) is 31.4 Å². The van der Waals surface area contributed by atoms with Gasteiger partial charge < -0.3 is 29.7 Å². The van der Waals surface area contributed by atoms with Crippen molar-refractivity contribution in [1.29, 1.82) is 5.26 Å². The Morgan fingerprint density at radius 2 is 1.78 bits per heavy atom. The molecule has 2 aromatic carbocycles. The van der Waals surface area contributed by atoms with E-state index < -0.39 is 18.4 Å². The Morgan fingerprint density at radius 3 is 2.45 bits per heavy atom. The van der Waals surface area contributed by atoms with E-state index in [2.05, 4.69) is 31.2 Å². The van der Waals surface area contributed by atoms with Crippen LogP contribution in [-0.4, -0.2) is 89.7 Å². The molecule has 268 valence electrons. The molecule has 51 heavy (non-hydrogen) atoms. The number of hydrogen-bond acceptors (Lipinski definition) is 10. The van der Waals surface area contributed by atoms with Crippen LogP contribution in [0.3, 0.4) is 0 Å². The van der Waals surface area contributed by atoms with Gasteiger partial charge in [-0.05, 0) is 80.1 Å². The first-order valence-electron chi connectivity index (χ1n) is 17.5. The first kappa shape index (κ1) is 33.7. The van der Waals surface area contributed by atoms with Crippen molar-refractivity contribution in [2.75, 3.05) is 51.3 Å². The van der Waals surface area contributed by atoms with Crippen molar-refractivity contribution in [2.24, 2.45) is 11.3 Å². The van der Waals surface area contributed by atoms with Gasteiger partial charge in [0.2, 0.25) is 5.88 Å². The van der Waals surface area contributed by atoms with Gasteiger partial charge in [-0.3, -0.25) is 0 Å². The number of aromatic hydroxyl groups is 1. The van der Waals surface area contributed by atoms with Gasteiger partial charge in [0.25, 0.3) is 0 Å². The number of nitriles is 1. The number of alkyl halides is 3. The maximum absolute atomic E-state index is 17.1. The Bertz CT molecular complexity index is 2010. The number of phenolic OH excluding ortho intramolecular Hbond substituents is 1. The number of anilines is 1. The van der Waals surface area contributed by atoms with Gasteiger partial charge in [0.1, 0.15) is 28.2 Å². The van der Waals surface area contributed by atoms with E-state index >= 15 is 4.39 Å². The van der Waals surface area contributed by atoms with E-state index in [1.54, 1.807) is 6.07 Å². The lowest BCUT2D eigenvalue weighted by Crippen LogP contribution is -2.51. The molecule has 4 fully saturated rings.